The quantitative estimate of drug-likeness (QED) is 0.539. The Morgan fingerprint density at radius 2 is 1.63 bits per heavy atom. The summed E-state index contributed by atoms with van der Waals surface area (Å²) in [4.78, 5) is 25.4. The molecular weight excluding hydrogens is 356 g/mol. The normalized spacial score (nSPS) is 19.4. The highest BCUT2D eigenvalue weighted by Gasteiger charge is 2.37. The van der Waals surface area contributed by atoms with E-state index in [9.17, 15) is 9.59 Å². The second-order valence-corrected chi connectivity index (χ2v) is 7.02. The molecule has 0 saturated carbocycles. The third-order valence-electron chi connectivity index (χ3n) is 4.92. The Bertz CT molecular complexity index is 1030. The first kappa shape index (κ1) is 17.4. The molecule has 0 bridgehead atoms. The highest BCUT2D eigenvalue weighted by molar-refractivity contribution is 7.80. The molecule has 1 saturated heterocycles. The summed E-state index contributed by atoms with van der Waals surface area (Å²) < 4.78 is 0. The van der Waals surface area contributed by atoms with Crippen LogP contribution in [0.2, 0.25) is 0 Å². The summed E-state index contributed by atoms with van der Waals surface area (Å²) in [5.41, 5.74) is 1.58. The zero-order valence-electron chi connectivity index (χ0n) is 14.5. The van der Waals surface area contributed by atoms with Crippen molar-refractivity contribution in [3.63, 3.8) is 0 Å². The number of carbonyl (C=O) groups excluding carboxylic acids is 2. The van der Waals surface area contributed by atoms with Gasteiger partial charge in [0.15, 0.2) is 10.9 Å². The number of hydrogen-bond donors (Lipinski definition) is 2. The van der Waals surface area contributed by atoms with Gasteiger partial charge in [-0.25, -0.2) is 0 Å². The molecule has 1 fully saturated rings. The summed E-state index contributed by atoms with van der Waals surface area (Å²) in [6.07, 6.45) is 0.110. The lowest BCUT2D eigenvalue weighted by atomic mass is 9.84. The van der Waals surface area contributed by atoms with Crippen LogP contribution in [0, 0.1) is 5.92 Å². The molecule has 4 rings (SSSR count). The molecule has 0 radical (unpaired) electrons. The van der Waals surface area contributed by atoms with Crippen molar-refractivity contribution >= 4 is 39.8 Å². The number of ketones is 1. The highest BCUT2D eigenvalue weighted by Crippen LogP contribution is 2.33. The fourth-order valence-electron chi connectivity index (χ4n) is 3.60. The average molecular weight is 374 g/mol. The summed E-state index contributed by atoms with van der Waals surface area (Å²) in [6, 6.07) is 22.7. The van der Waals surface area contributed by atoms with E-state index in [1.165, 1.54) is 0 Å². The van der Waals surface area contributed by atoms with Crippen LogP contribution in [0.3, 0.4) is 0 Å². The summed E-state index contributed by atoms with van der Waals surface area (Å²) in [5.74, 6) is -0.827. The van der Waals surface area contributed by atoms with E-state index in [4.69, 9.17) is 12.2 Å². The van der Waals surface area contributed by atoms with Crippen molar-refractivity contribution in [3.8, 4) is 0 Å². The Labute approximate surface area is 162 Å². The summed E-state index contributed by atoms with van der Waals surface area (Å²) in [7, 11) is 0. The van der Waals surface area contributed by atoms with Crippen LogP contribution in [0.5, 0.6) is 0 Å². The van der Waals surface area contributed by atoms with Crippen LogP contribution >= 0.6 is 12.2 Å². The predicted molar refractivity (Wildman–Crippen MR) is 109 cm³/mol. The van der Waals surface area contributed by atoms with E-state index in [1.54, 1.807) is 12.1 Å². The van der Waals surface area contributed by atoms with E-state index >= 15 is 0 Å². The van der Waals surface area contributed by atoms with Gasteiger partial charge in [-0.2, -0.15) is 0 Å². The summed E-state index contributed by atoms with van der Waals surface area (Å²) in [6.45, 7) is 0. The summed E-state index contributed by atoms with van der Waals surface area (Å²) in [5, 5.41) is 8.30. The molecule has 2 N–H and O–H groups in total. The molecule has 27 heavy (non-hydrogen) atoms. The third kappa shape index (κ3) is 3.46. The lowest BCUT2D eigenvalue weighted by molar-refractivity contribution is -0.125. The molecule has 1 aliphatic heterocycles. The van der Waals surface area contributed by atoms with Crippen LogP contribution in [0.15, 0.2) is 72.8 Å². The Hall–Kier alpha value is -3.05. The van der Waals surface area contributed by atoms with Gasteiger partial charge in [0.2, 0.25) is 5.91 Å². The molecule has 3 aromatic rings. The number of Topliss-reactive ketones (excluding diaryl/α,β-unsaturated/α-hetero) is 1. The SMILES string of the molecule is O=C(CC1C(=O)NC(=S)NC1c1cccc2ccccc12)c1ccccc1. The molecule has 0 aromatic heterocycles. The minimum absolute atomic E-state index is 0.0596. The number of thiocarbonyl (C=S) groups is 1. The second-order valence-electron chi connectivity index (χ2n) is 6.61. The summed E-state index contributed by atoms with van der Waals surface area (Å²) >= 11 is 5.21. The van der Waals surface area contributed by atoms with Gasteiger partial charge in [0.05, 0.1) is 12.0 Å². The van der Waals surface area contributed by atoms with Crippen molar-refractivity contribution in [1.82, 2.24) is 10.6 Å². The Morgan fingerprint density at radius 3 is 2.44 bits per heavy atom. The van der Waals surface area contributed by atoms with Crippen LogP contribution in [0.25, 0.3) is 10.8 Å². The van der Waals surface area contributed by atoms with Crippen molar-refractivity contribution in [2.75, 3.05) is 0 Å². The van der Waals surface area contributed by atoms with Crippen LogP contribution < -0.4 is 10.6 Å². The minimum atomic E-state index is -0.546. The molecule has 3 aromatic carbocycles. The van der Waals surface area contributed by atoms with E-state index in [-0.39, 0.29) is 24.2 Å². The van der Waals surface area contributed by atoms with Gasteiger partial charge in [0.1, 0.15) is 0 Å². The molecule has 1 heterocycles. The molecule has 5 heteroatoms. The topological polar surface area (TPSA) is 58.2 Å². The standard InChI is InChI=1S/C22H18N2O2S/c25-19(15-8-2-1-3-9-15)13-18-20(23-22(27)24-21(18)26)17-12-6-10-14-7-4-5-11-16(14)17/h1-12,18,20H,13H2,(H2,23,24,26,27). The number of amides is 1. The zero-order valence-corrected chi connectivity index (χ0v) is 15.3. The molecule has 2 atom stereocenters. The van der Waals surface area contributed by atoms with Gasteiger partial charge in [0.25, 0.3) is 0 Å². The monoisotopic (exact) mass is 374 g/mol. The van der Waals surface area contributed by atoms with Crippen LogP contribution in [0.4, 0.5) is 0 Å². The van der Waals surface area contributed by atoms with Crippen molar-refractivity contribution in [2.45, 2.75) is 12.5 Å². The molecule has 4 nitrogen and oxygen atoms in total. The predicted octanol–water partition coefficient (Wildman–Crippen LogP) is 3.77. The molecule has 1 aliphatic rings. The smallest absolute Gasteiger partial charge is 0.232 e. The van der Waals surface area contributed by atoms with Gasteiger partial charge in [-0.05, 0) is 28.6 Å². The Balaban J connectivity index is 1.72. The zero-order chi connectivity index (χ0) is 18.8. The van der Waals surface area contributed by atoms with E-state index in [1.807, 2.05) is 60.7 Å². The van der Waals surface area contributed by atoms with Crippen molar-refractivity contribution in [1.29, 1.82) is 0 Å². The Morgan fingerprint density at radius 1 is 0.926 bits per heavy atom. The van der Waals surface area contributed by atoms with E-state index < -0.39 is 5.92 Å². The van der Waals surface area contributed by atoms with E-state index in [0.717, 1.165) is 16.3 Å². The minimum Gasteiger partial charge on any atom is -0.355 e. The lowest BCUT2D eigenvalue weighted by Crippen LogP contribution is -2.54. The molecule has 0 aliphatic carbocycles. The fourth-order valence-corrected chi connectivity index (χ4v) is 3.83. The maximum absolute atomic E-state index is 12.7. The molecule has 1 amide bonds. The number of rotatable bonds is 4. The molecular formula is C22H18N2O2S. The number of benzene rings is 3. The van der Waals surface area contributed by atoms with Gasteiger partial charge >= 0.3 is 0 Å². The lowest BCUT2D eigenvalue weighted by Gasteiger charge is -2.33. The maximum atomic E-state index is 12.7. The highest BCUT2D eigenvalue weighted by atomic mass is 32.1. The molecule has 0 spiro atoms. The van der Waals surface area contributed by atoms with Gasteiger partial charge < -0.3 is 10.6 Å². The first-order valence-corrected chi connectivity index (χ1v) is 9.21. The van der Waals surface area contributed by atoms with Crippen LogP contribution in [0.1, 0.15) is 28.4 Å². The van der Waals surface area contributed by atoms with Gasteiger partial charge in [-0.15, -0.1) is 0 Å². The number of fused-ring (bicyclic) bond motifs is 1. The van der Waals surface area contributed by atoms with Crippen LogP contribution in [-0.4, -0.2) is 16.8 Å². The van der Waals surface area contributed by atoms with Gasteiger partial charge in [-0.3, -0.25) is 9.59 Å². The maximum Gasteiger partial charge on any atom is 0.232 e. The second kappa shape index (κ2) is 7.29. The number of nitrogens with one attached hydrogen (secondary N) is 2. The first-order chi connectivity index (χ1) is 13.1. The first-order valence-electron chi connectivity index (χ1n) is 8.81. The third-order valence-corrected chi connectivity index (χ3v) is 5.14. The Kier molecular flexibility index (Phi) is 4.69. The van der Waals surface area contributed by atoms with E-state index in [0.29, 0.717) is 10.7 Å². The van der Waals surface area contributed by atoms with Gasteiger partial charge in [-0.1, -0.05) is 72.8 Å². The number of hydrogen-bond acceptors (Lipinski definition) is 3. The largest absolute Gasteiger partial charge is 0.355 e. The van der Waals surface area contributed by atoms with E-state index in [2.05, 4.69) is 10.6 Å². The molecule has 2 unspecified atom stereocenters. The van der Waals surface area contributed by atoms with Crippen molar-refractivity contribution in [3.05, 3.63) is 83.9 Å². The fraction of sp³-hybridized carbons (Fsp3) is 0.136. The van der Waals surface area contributed by atoms with Gasteiger partial charge in [0, 0.05) is 12.0 Å². The number of carbonyl (C=O) groups is 2. The van der Waals surface area contributed by atoms with Crippen LogP contribution in [-0.2, 0) is 4.79 Å². The van der Waals surface area contributed by atoms with Crippen molar-refractivity contribution in [2.24, 2.45) is 5.92 Å². The average Bonchev–Trinajstić information content (AvgIpc) is 2.70. The van der Waals surface area contributed by atoms with Crippen molar-refractivity contribution < 1.29 is 9.59 Å². The molecule has 134 valence electrons.